The Bertz CT molecular complexity index is 2360. The van der Waals surface area contributed by atoms with Crippen molar-refractivity contribution in [1.82, 2.24) is 14.5 Å². The molecule has 0 amide bonds. The lowest BCUT2D eigenvalue weighted by Gasteiger charge is -2.14. The summed E-state index contributed by atoms with van der Waals surface area (Å²) in [5, 5.41) is 7.82. The van der Waals surface area contributed by atoms with E-state index in [0.29, 0.717) is 0 Å². The molecule has 0 bridgehead atoms. The van der Waals surface area contributed by atoms with Gasteiger partial charge in [0.15, 0.2) is 5.82 Å². The molecule has 4 heteroatoms. The van der Waals surface area contributed by atoms with Gasteiger partial charge >= 0.3 is 0 Å². The third kappa shape index (κ3) is 3.60. The first kappa shape index (κ1) is 24.3. The minimum absolute atomic E-state index is 0.781. The Morgan fingerprint density at radius 1 is 0.535 bits per heavy atom. The zero-order valence-corrected chi connectivity index (χ0v) is 24.9. The molecule has 1 aliphatic heterocycles. The maximum atomic E-state index is 5.37. The Kier molecular flexibility index (Phi) is 5.28. The average molecular weight is 566 g/mol. The van der Waals surface area contributed by atoms with Gasteiger partial charge in [0, 0.05) is 33.2 Å². The second kappa shape index (κ2) is 9.35. The van der Waals surface area contributed by atoms with E-state index < -0.39 is 8.80 Å². The molecule has 0 aliphatic carbocycles. The lowest BCUT2D eigenvalue weighted by molar-refractivity contribution is 1.18. The fourth-order valence-electron chi connectivity index (χ4n) is 7.05. The van der Waals surface area contributed by atoms with Crippen molar-refractivity contribution < 1.29 is 0 Å². The smallest absolute Gasteiger partial charge is 0.160 e. The molecular weight excluding hydrogens is 539 g/mol. The van der Waals surface area contributed by atoms with Crippen molar-refractivity contribution in [3.8, 4) is 39.6 Å². The number of para-hydroxylation sites is 2. The van der Waals surface area contributed by atoms with Crippen LogP contribution in [0, 0.1) is 0 Å². The molecule has 43 heavy (non-hydrogen) atoms. The van der Waals surface area contributed by atoms with Crippen LogP contribution in [0.3, 0.4) is 0 Å². The molecule has 1 unspecified atom stereocenters. The second-order valence-electron chi connectivity index (χ2n) is 11.4. The molecule has 1 atom stereocenters. The summed E-state index contributed by atoms with van der Waals surface area (Å²) < 4.78 is 2.37. The summed E-state index contributed by atoms with van der Waals surface area (Å²) in [5.41, 5.74) is 9.24. The number of fused-ring (bicyclic) bond motifs is 8. The van der Waals surface area contributed by atoms with Crippen LogP contribution in [-0.2, 0) is 0 Å². The van der Waals surface area contributed by atoms with Gasteiger partial charge in [0.05, 0.1) is 22.4 Å². The number of nitrogens with zero attached hydrogens (tertiary/aromatic N) is 3. The Hall–Kier alpha value is -5.32. The standard InChI is InChI=1S/C39H27N3Si/c1-43-34-23-21-25-12-8-9-17-29(25)35(34)37-38(43)36(40-39(41-37)26-13-4-2-5-14-26)27-20-22-33-31(24-27)30-18-10-11-19-32(30)42(33)28-15-6-3-7-16-28/h2-24,43H,1H3. The van der Waals surface area contributed by atoms with Gasteiger partial charge in [0.2, 0.25) is 0 Å². The van der Waals surface area contributed by atoms with E-state index in [0.717, 1.165) is 28.3 Å². The second-order valence-corrected chi connectivity index (χ2v) is 14.1. The summed E-state index contributed by atoms with van der Waals surface area (Å²) >= 11 is 0. The minimum atomic E-state index is -1.56. The minimum Gasteiger partial charge on any atom is -0.309 e. The van der Waals surface area contributed by atoms with Gasteiger partial charge in [-0.2, -0.15) is 0 Å². The Labute approximate surface area is 251 Å². The van der Waals surface area contributed by atoms with Gasteiger partial charge in [-0.25, -0.2) is 9.97 Å². The van der Waals surface area contributed by atoms with Gasteiger partial charge in [0.1, 0.15) is 8.80 Å². The molecule has 0 fully saturated rings. The van der Waals surface area contributed by atoms with Crippen molar-refractivity contribution in [1.29, 1.82) is 0 Å². The fourth-order valence-corrected chi connectivity index (χ4v) is 9.73. The summed E-state index contributed by atoms with van der Waals surface area (Å²) in [6.45, 7) is 2.44. The van der Waals surface area contributed by atoms with Crippen LogP contribution in [0.2, 0.25) is 6.55 Å². The van der Waals surface area contributed by atoms with E-state index in [1.807, 2.05) is 6.07 Å². The van der Waals surface area contributed by atoms with Crippen molar-refractivity contribution in [2.24, 2.45) is 0 Å². The van der Waals surface area contributed by atoms with Crippen molar-refractivity contribution in [2.75, 3.05) is 0 Å². The summed E-state index contributed by atoms with van der Waals surface area (Å²) in [6, 6.07) is 50.0. The molecule has 1 aliphatic rings. The van der Waals surface area contributed by atoms with Crippen molar-refractivity contribution >= 4 is 51.7 Å². The van der Waals surface area contributed by atoms with Gasteiger partial charge in [0.25, 0.3) is 0 Å². The third-order valence-electron chi connectivity index (χ3n) is 9.04. The van der Waals surface area contributed by atoms with Crippen LogP contribution in [-0.4, -0.2) is 23.3 Å². The lowest BCUT2D eigenvalue weighted by atomic mass is 10.00. The summed E-state index contributed by atoms with van der Waals surface area (Å²) in [6.07, 6.45) is 0. The molecule has 0 radical (unpaired) electrons. The Morgan fingerprint density at radius 2 is 1.21 bits per heavy atom. The Balaban J connectivity index is 1.35. The molecule has 202 valence electrons. The zero-order valence-electron chi connectivity index (χ0n) is 23.7. The topological polar surface area (TPSA) is 30.7 Å². The molecular formula is C39H27N3Si. The van der Waals surface area contributed by atoms with E-state index in [4.69, 9.17) is 9.97 Å². The van der Waals surface area contributed by atoms with Gasteiger partial charge < -0.3 is 4.57 Å². The monoisotopic (exact) mass is 565 g/mol. The van der Waals surface area contributed by atoms with Gasteiger partial charge in [-0.3, -0.25) is 0 Å². The number of rotatable bonds is 3. The number of hydrogen-bond donors (Lipinski definition) is 0. The van der Waals surface area contributed by atoms with E-state index in [1.54, 1.807) is 0 Å². The molecule has 9 rings (SSSR count). The van der Waals surface area contributed by atoms with Crippen LogP contribution in [0.15, 0.2) is 140 Å². The van der Waals surface area contributed by atoms with Crippen LogP contribution >= 0.6 is 0 Å². The first-order chi connectivity index (χ1) is 21.3. The van der Waals surface area contributed by atoms with Crippen molar-refractivity contribution in [3.63, 3.8) is 0 Å². The predicted octanol–water partition coefficient (Wildman–Crippen LogP) is 8.01. The number of hydrogen-bond acceptors (Lipinski definition) is 2. The molecule has 0 saturated heterocycles. The Morgan fingerprint density at radius 3 is 2.05 bits per heavy atom. The third-order valence-corrected chi connectivity index (χ3v) is 11.9. The lowest BCUT2D eigenvalue weighted by Crippen LogP contribution is -2.36. The first-order valence-corrected chi connectivity index (χ1v) is 17.2. The molecule has 3 nitrogen and oxygen atoms in total. The quantitative estimate of drug-likeness (QED) is 0.203. The van der Waals surface area contributed by atoms with Crippen LogP contribution < -0.4 is 10.4 Å². The highest BCUT2D eigenvalue weighted by Gasteiger charge is 2.34. The normalized spacial score (nSPS) is 13.9. The van der Waals surface area contributed by atoms with E-state index >= 15 is 0 Å². The average Bonchev–Trinajstić information content (AvgIpc) is 3.57. The van der Waals surface area contributed by atoms with E-state index in [9.17, 15) is 0 Å². The first-order valence-electron chi connectivity index (χ1n) is 14.8. The summed E-state index contributed by atoms with van der Waals surface area (Å²) in [5.74, 6) is 0.781. The van der Waals surface area contributed by atoms with E-state index in [1.165, 1.54) is 54.2 Å². The molecule has 0 N–H and O–H groups in total. The molecule has 0 spiro atoms. The highest BCUT2D eigenvalue weighted by atomic mass is 28.3. The predicted molar refractivity (Wildman–Crippen MR) is 182 cm³/mol. The zero-order chi connectivity index (χ0) is 28.5. The molecule has 3 heterocycles. The van der Waals surface area contributed by atoms with E-state index in [2.05, 4.69) is 145 Å². The van der Waals surface area contributed by atoms with Crippen LogP contribution in [0.5, 0.6) is 0 Å². The summed E-state index contributed by atoms with van der Waals surface area (Å²) in [4.78, 5) is 10.7. The maximum absolute atomic E-state index is 5.37. The molecule has 0 saturated carbocycles. The summed E-state index contributed by atoms with van der Waals surface area (Å²) in [7, 11) is -1.56. The van der Waals surface area contributed by atoms with E-state index in [-0.39, 0.29) is 0 Å². The highest BCUT2D eigenvalue weighted by Crippen LogP contribution is 2.37. The molecule has 6 aromatic carbocycles. The maximum Gasteiger partial charge on any atom is 0.160 e. The van der Waals surface area contributed by atoms with Gasteiger partial charge in [-0.1, -0.05) is 116 Å². The van der Waals surface area contributed by atoms with Gasteiger partial charge in [-0.15, -0.1) is 0 Å². The largest absolute Gasteiger partial charge is 0.309 e. The van der Waals surface area contributed by atoms with Crippen molar-refractivity contribution in [3.05, 3.63) is 140 Å². The number of aromatic nitrogens is 3. The molecule has 8 aromatic rings. The van der Waals surface area contributed by atoms with Crippen LogP contribution in [0.4, 0.5) is 0 Å². The number of benzene rings is 6. The van der Waals surface area contributed by atoms with Gasteiger partial charge in [-0.05, 0) is 51.5 Å². The van der Waals surface area contributed by atoms with Crippen LogP contribution in [0.1, 0.15) is 0 Å². The fraction of sp³-hybridized carbons (Fsp3) is 0.0256. The highest BCUT2D eigenvalue weighted by molar-refractivity contribution is 6.89. The molecule has 2 aromatic heterocycles. The van der Waals surface area contributed by atoms with Crippen molar-refractivity contribution in [2.45, 2.75) is 6.55 Å². The van der Waals surface area contributed by atoms with Crippen LogP contribution in [0.25, 0.3) is 72.2 Å². The SMILES string of the molecule is C[SiH]1c2ccc3ccccc3c2-c2nc(-c3ccccc3)nc(-c3ccc4c(c3)c3ccccc3n4-c3ccccc3)c21.